The first kappa shape index (κ1) is 22.3. The number of likely N-dealkylation sites (tertiary alicyclic amines) is 1. The lowest BCUT2D eigenvalue weighted by Gasteiger charge is -2.34. The Balaban J connectivity index is 1.53. The third kappa shape index (κ3) is 5.21. The minimum Gasteiger partial charge on any atom is -0.444 e. The highest BCUT2D eigenvalue weighted by Crippen LogP contribution is 2.26. The maximum atomic E-state index is 12.7. The summed E-state index contributed by atoms with van der Waals surface area (Å²) in [5, 5.41) is 3.40. The van der Waals surface area contributed by atoms with Gasteiger partial charge < -0.3 is 19.9 Å². The van der Waals surface area contributed by atoms with E-state index in [0.717, 1.165) is 0 Å². The van der Waals surface area contributed by atoms with Crippen LogP contribution in [-0.4, -0.2) is 89.2 Å². The Bertz CT molecular complexity index is 844. The normalized spacial score (nSPS) is 24.9. The van der Waals surface area contributed by atoms with Crippen LogP contribution in [-0.2, 0) is 24.2 Å². The minimum absolute atomic E-state index is 0.0556. The van der Waals surface area contributed by atoms with Crippen molar-refractivity contribution in [3.8, 4) is 0 Å². The van der Waals surface area contributed by atoms with E-state index < -0.39 is 46.1 Å². The number of carbonyl (C=O) groups excluding carboxylic acids is 3. The van der Waals surface area contributed by atoms with Crippen molar-refractivity contribution < 1.29 is 36.4 Å². The first-order chi connectivity index (χ1) is 13.8. The molecule has 2 fully saturated rings. The zero-order valence-corrected chi connectivity index (χ0v) is 17.8. The molecule has 0 saturated carbocycles. The van der Waals surface area contributed by atoms with Crippen molar-refractivity contribution in [1.29, 1.82) is 0 Å². The molecule has 0 aromatic carbocycles. The van der Waals surface area contributed by atoms with Crippen LogP contribution >= 0.6 is 0 Å². The van der Waals surface area contributed by atoms with E-state index in [2.05, 4.69) is 9.60 Å². The van der Waals surface area contributed by atoms with E-state index in [-0.39, 0.29) is 12.6 Å². The fraction of sp³-hybridized carbons (Fsp3) is 0.706. The Morgan fingerprint density at radius 1 is 1.20 bits per heavy atom. The van der Waals surface area contributed by atoms with Gasteiger partial charge in [0.1, 0.15) is 11.6 Å². The number of amides is 4. The maximum absolute atomic E-state index is 12.7. The second-order valence-corrected chi connectivity index (χ2v) is 9.41. The molecule has 2 unspecified atom stereocenters. The molecule has 3 aliphatic heterocycles. The van der Waals surface area contributed by atoms with E-state index in [0.29, 0.717) is 31.0 Å². The second kappa shape index (κ2) is 8.04. The second-order valence-electron chi connectivity index (χ2n) is 8.41. The summed E-state index contributed by atoms with van der Waals surface area (Å²) in [5.41, 5.74) is -0.581. The van der Waals surface area contributed by atoms with Crippen molar-refractivity contribution in [2.45, 2.75) is 57.3 Å². The summed E-state index contributed by atoms with van der Waals surface area (Å²) in [6.45, 7) is 6.30. The zero-order chi connectivity index (χ0) is 22.3. The van der Waals surface area contributed by atoms with Crippen LogP contribution in [0.25, 0.3) is 0 Å². The van der Waals surface area contributed by atoms with Crippen molar-refractivity contribution in [2.24, 2.45) is 0 Å². The van der Waals surface area contributed by atoms with Gasteiger partial charge in [-0.1, -0.05) is 12.2 Å². The summed E-state index contributed by atoms with van der Waals surface area (Å²) < 4.78 is 40.3. The molecule has 0 aromatic rings. The van der Waals surface area contributed by atoms with E-state index in [1.165, 1.54) is 17.1 Å². The number of hydrogen-bond donors (Lipinski definition) is 2. The number of hydroxylamine groups is 2. The van der Waals surface area contributed by atoms with Gasteiger partial charge in [-0.3, -0.25) is 9.35 Å². The lowest BCUT2D eigenvalue weighted by Crippen LogP contribution is -2.53. The van der Waals surface area contributed by atoms with Crippen LogP contribution in [0, 0.1) is 0 Å². The Labute approximate surface area is 174 Å². The Hall–Kier alpha value is -2.38. The molecule has 3 heterocycles. The van der Waals surface area contributed by atoms with Crippen LogP contribution in [0.4, 0.5) is 9.59 Å². The van der Waals surface area contributed by atoms with Gasteiger partial charge in [0.2, 0.25) is 5.91 Å². The van der Waals surface area contributed by atoms with Gasteiger partial charge in [0.05, 0.1) is 12.6 Å². The smallest absolute Gasteiger partial charge is 0.418 e. The van der Waals surface area contributed by atoms with Crippen molar-refractivity contribution in [3.05, 3.63) is 12.2 Å². The lowest BCUT2D eigenvalue weighted by atomic mass is 10.0. The number of urea groups is 1. The number of hydrogen-bond acceptors (Lipinski definition) is 7. The molecular formula is C17H26N4O8S. The van der Waals surface area contributed by atoms with E-state index in [4.69, 9.17) is 9.29 Å². The van der Waals surface area contributed by atoms with Gasteiger partial charge in [0, 0.05) is 19.1 Å². The molecule has 3 rings (SSSR count). The highest BCUT2D eigenvalue weighted by atomic mass is 32.3. The van der Waals surface area contributed by atoms with Gasteiger partial charge in [0.25, 0.3) is 0 Å². The maximum Gasteiger partial charge on any atom is 0.418 e. The topological polar surface area (TPSA) is 146 Å². The molecule has 2 saturated heterocycles. The standard InChI is InChI=1S/C17H26N4O8S/c1-17(2,3)28-16(24)19-8-6-11(7-9-19)18-14(22)13-5-4-12-10-20(13)15(23)21(12)29-30(25,26)27/h4-5,11-13H,6-10H2,1-3H3,(H,18,22)(H,25,26,27). The fourth-order valence-corrected chi connectivity index (χ4v) is 3.95. The SMILES string of the molecule is CC(C)(C)OC(=O)N1CCC(NC(=O)C2C=CC3CN2C(=O)N3OS(=O)(=O)O)CC1. The molecule has 4 amide bonds. The average molecular weight is 446 g/mol. The van der Waals surface area contributed by atoms with Crippen molar-refractivity contribution in [2.75, 3.05) is 19.6 Å². The summed E-state index contributed by atoms with van der Waals surface area (Å²) in [6, 6.07) is -2.65. The van der Waals surface area contributed by atoms with Gasteiger partial charge in [-0.25, -0.2) is 9.59 Å². The highest BCUT2D eigenvalue weighted by molar-refractivity contribution is 7.80. The number of carbonyl (C=O) groups is 3. The van der Waals surface area contributed by atoms with E-state index in [9.17, 15) is 22.8 Å². The van der Waals surface area contributed by atoms with Crippen LogP contribution in [0.3, 0.4) is 0 Å². The van der Waals surface area contributed by atoms with E-state index in [1.54, 1.807) is 25.7 Å². The van der Waals surface area contributed by atoms with E-state index in [1.807, 2.05) is 0 Å². The Kier molecular flexibility index (Phi) is 5.98. The number of nitrogens with zero attached hydrogens (tertiary/aromatic N) is 3. The molecule has 2 N–H and O–H groups in total. The number of piperidine rings is 1. The van der Waals surface area contributed by atoms with Crippen LogP contribution < -0.4 is 5.32 Å². The van der Waals surface area contributed by atoms with Crippen LogP contribution in [0.2, 0.25) is 0 Å². The van der Waals surface area contributed by atoms with Gasteiger partial charge in [-0.15, -0.1) is 4.28 Å². The number of ether oxygens (including phenoxy) is 1. The number of fused-ring (bicyclic) bond motifs is 2. The fourth-order valence-electron chi connectivity index (χ4n) is 3.57. The summed E-state index contributed by atoms with van der Waals surface area (Å²) in [4.78, 5) is 40.0. The summed E-state index contributed by atoms with van der Waals surface area (Å²) in [6.07, 6.45) is 3.66. The van der Waals surface area contributed by atoms with E-state index >= 15 is 0 Å². The van der Waals surface area contributed by atoms with Crippen LogP contribution in [0.5, 0.6) is 0 Å². The lowest BCUT2D eigenvalue weighted by molar-refractivity contribution is -0.125. The van der Waals surface area contributed by atoms with Crippen LogP contribution in [0.15, 0.2) is 12.2 Å². The molecule has 0 spiro atoms. The molecule has 168 valence electrons. The van der Waals surface area contributed by atoms with Crippen molar-refractivity contribution in [3.63, 3.8) is 0 Å². The predicted molar refractivity (Wildman–Crippen MR) is 102 cm³/mol. The third-order valence-corrected chi connectivity index (χ3v) is 5.26. The largest absolute Gasteiger partial charge is 0.444 e. The average Bonchev–Trinajstić information content (AvgIpc) is 2.84. The molecule has 13 heteroatoms. The van der Waals surface area contributed by atoms with Crippen molar-refractivity contribution in [1.82, 2.24) is 20.2 Å². The monoisotopic (exact) mass is 446 g/mol. The zero-order valence-electron chi connectivity index (χ0n) is 17.0. The quantitative estimate of drug-likeness (QED) is 0.463. The molecule has 2 atom stereocenters. The highest BCUT2D eigenvalue weighted by Gasteiger charge is 2.47. The Morgan fingerprint density at radius 2 is 1.83 bits per heavy atom. The van der Waals surface area contributed by atoms with Gasteiger partial charge >= 0.3 is 22.5 Å². The van der Waals surface area contributed by atoms with Gasteiger partial charge in [-0.2, -0.15) is 13.5 Å². The number of nitrogens with one attached hydrogen (secondary N) is 1. The molecular weight excluding hydrogens is 420 g/mol. The summed E-state index contributed by atoms with van der Waals surface area (Å²) in [5.74, 6) is -0.414. The molecule has 3 aliphatic rings. The third-order valence-electron chi connectivity index (χ3n) is 4.91. The van der Waals surface area contributed by atoms with Crippen molar-refractivity contribution >= 4 is 28.4 Å². The predicted octanol–water partition coefficient (Wildman–Crippen LogP) is 0.281. The summed E-state index contributed by atoms with van der Waals surface area (Å²) >= 11 is 0. The Morgan fingerprint density at radius 3 is 2.40 bits per heavy atom. The first-order valence-electron chi connectivity index (χ1n) is 9.57. The summed E-state index contributed by atoms with van der Waals surface area (Å²) in [7, 11) is -4.86. The van der Waals surface area contributed by atoms with Gasteiger partial charge in [0.15, 0.2) is 0 Å². The molecule has 0 radical (unpaired) electrons. The molecule has 30 heavy (non-hydrogen) atoms. The van der Waals surface area contributed by atoms with Crippen LogP contribution in [0.1, 0.15) is 33.6 Å². The number of rotatable bonds is 4. The molecule has 12 nitrogen and oxygen atoms in total. The van der Waals surface area contributed by atoms with Gasteiger partial charge in [-0.05, 0) is 33.6 Å². The first-order valence-corrected chi connectivity index (χ1v) is 10.9. The molecule has 0 aromatic heterocycles. The molecule has 2 bridgehead atoms. The molecule has 0 aliphatic carbocycles. The minimum atomic E-state index is -4.86.